The predicted molar refractivity (Wildman–Crippen MR) is 79.3 cm³/mol. The van der Waals surface area contributed by atoms with Crippen molar-refractivity contribution in [2.75, 3.05) is 11.9 Å². The van der Waals surface area contributed by atoms with Crippen LogP contribution < -0.4 is 5.32 Å². The zero-order chi connectivity index (χ0) is 14.9. The van der Waals surface area contributed by atoms with Crippen LogP contribution in [0, 0.1) is 10.1 Å². The Balaban J connectivity index is 1.73. The Labute approximate surface area is 121 Å². The third-order valence-electron chi connectivity index (χ3n) is 4.05. The normalized spacial score (nSPS) is 17.8. The van der Waals surface area contributed by atoms with Gasteiger partial charge in [0.2, 0.25) is 5.95 Å². The van der Waals surface area contributed by atoms with Crippen LogP contribution in [0.4, 0.5) is 11.6 Å². The zero-order valence-corrected chi connectivity index (χ0v) is 11.6. The summed E-state index contributed by atoms with van der Waals surface area (Å²) >= 11 is 0. The molecule has 2 aromatic rings. The molecule has 1 fully saturated rings. The second-order valence-corrected chi connectivity index (χ2v) is 5.68. The average Bonchev–Trinajstić information content (AvgIpc) is 2.88. The molecule has 1 aromatic carbocycles. The Hall–Kier alpha value is -2.15. The van der Waals surface area contributed by atoms with Gasteiger partial charge in [-0.05, 0) is 18.9 Å². The number of benzene rings is 1. The zero-order valence-electron chi connectivity index (χ0n) is 11.6. The first-order valence-corrected chi connectivity index (χ1v) is 7.16. The molecule has 1 saturated carbocycles. The highest BCUT2D eigenvalue weighted by Gasteiger charge is 2.29. The Morgan fingerprint density at radius 2 is 2.14 bits per heavy atom. The largest absolute Gasteiger partial charge is 0.388 e. The fraction of sp³-hybridized carbons (Fsp3) is 0.500. The average molecular weight is 290 g/mol. The number of nitro groups is 1. The molecule has 21 heavy (non-hydrogen) atoms. The number of aromatic nitrogens is 2. The summed E-state index contributed by atoms with van der Waals surface area (Å²) in [6.45, 7) is 0.439. The number of non-ortho nitro benzene ring substituents is 1. The molecule has 3 rings (SSSR count). The van der Waals surface area contributed by atoms with Gasteiger partial charge in [-0.1, -0.05) is 19.3 Å². The Morgan fingerprint density at radius 1 is 1.38 bits per heavy atom. The lowest BCUT2D eigenvalue weighted by Gasteiger charge is -2.31. The van der Waals surface area contributed by atoms with Crippen LogP contribution in [0.3, 0.4) is 0 Å². The molecule has 7 heteroatoms. The van der Waals surface area contributed by atoms with E-state index >= 15 is 0 Å². The van der Waals surface area contributed by atoms with E-state index in [0.29, 0.717) is 23.5 Å². The molecule has 0 aliphatic heterocycles. The SMILES string of the molecule is O=[N+]([O-])c1ccc2nc(NCC3(O)CCCCC3)[nH]c2c1. The van der Waals surface area contributed by atoms with Gasteiger partial charge in [-0.3, -0.25) is 10.1 Å². The van der Waals surface area contributed by atoms with Gasteiger partial charge in [-0.25, -0.2) is 4.98 Å². The van der Waals surface area contributed by atoms with Crippen LogP contribution in [0.5, 0.6) is 0 Å². The molecular formula is C14H18N4O3. The number of aromatic amines is 1. The van der Waals surface area contributed by atoms with E-state index < -0.39 is 10.5 Å². The summed E-state index contributed by atoms with van der Waals surface area (Å²) in [5.41, 5.74) is 0.633. The molecule has 1 aliphatic carbocycles. The molecule has 1 heterocycles. The standard InChI is InChI=1S/C14H18N4O3/c19-14(6-2-1-3-7-14)9-15-13-16-11-5-4-10(18(20)21)8-12(11)17-13/h4-5,8,19H,1-3,6-7,9H2,(H2,15,16,17). The summed E-state index contributed by atoms with van der Waals surface area (Å²) < 4.78 is 0. The molecule has 0 saturated heterocycles. The highest BCUT2D eigenvalue weighted by molar-refractivity contribution is 5.79. The van der Waals surface area contributed by atoms with Crippen molar-refractivity contribution < 1.29 is 10.0 Å². The lowest BCUT2D eigenvalue weighted by molar-refractivity contribution is -0.384. The maximum absolute atomic E-state index is 10.7. The first-order valence-electron chi connectivity index (χ1n) is 7.16. The molecule has 112 valence electrons. The molecule has 0 spiro atoms. The Bertz CT molecular complexity index is 661. The molecule has 3 N–H and O–H groups in total. The van der Waals surface area contributed by atoms with Crippen LogP contribution in [0.15, 0.2) is 18.2 Å². The van der Waals surface area contributed by atoms with E-state index in [1.165, 1.54) is 18.6 Å². The topological polar surface area (TPSA) is 104 Å². The third-order valence-corrected chi connectivity index (χ3v) is 4.05. The minimum absolute atomic E-state index is 0.0311. The van der Waals surface area contributed by atoms with Gasteiger partial charge in [0.25, 0.3) is 5.69 Å². The van der Waals surface area contributed by atoms with Crippen molar-refractivity contribution in [2.45, 2.75) is 37.7 Å². The number of rotatable bonds is 4. The lowest BCUT2D eigenvalue weighted by Crippen LogP contribution is -2.38. The van der Waals surface area contributed by atoms with Crippen LogP contribution in [0.1, 0.15) is 32.1 Å². The van der Waals surface area contributed by atoms with Crippen molar-refractivity contribution in [2.24, 2.45) is 0 Å². The van der Waals surface area contributed by atoms with E-state index in [9.17, 15) is 15.2 Å². The highest BCUT2D eigenvalue weighted by Crippen LogP contribution is 2.28. The van der Waals surface area contributed by atoms with E-state index in [4.69, 9.17) is 0 Å². The first-order chi connectivity index (χ1) is 10.1. The fourth-order valence-electron chi connectivity index (χ4n) is 2.83. The molecular weight excluding hydrogens is 272 g/mol. The number of nitro benzene ring substituents is 1. The minimum Gasteiger partial charge on any atom is -0.388 e. The summed E-state index contributed by atoms with van der Waals surface area (Å²) in [5, 5.41) is 24.3. The number of imidazole rings is 1. The van der Waals surface area contributed by atoms with Crippen molar-refractivity contribution in [1.29, 1.82) is 0 Å². The quantitative estimate of drug-likeness (QED) is 0.593. The highest BCUT2D eigenvalue weighted by atomic mass is 16.6. The van der Waals surface area contributed by atoms with Gasteiger partial charge in [0.05, 0.1) is 21.6 Å². The molecule has 0 radical (unpaired) electrons. The monoisotopic (exact) mass is 290 g/mol. The Morgan fingerprint density at radius 3 is 2.86 bits per heavy atom. The summed E-state index contributed by atoms with van der Waals surface area (Å²) in [4.78, 5) is 17.7. The number of nitrogens with one attached hydrogen (secondary N) is 2. The van der Waals surface area contributed by atoms with Crippen molar-refractivity contribution in [3.8, 4) is 0 Å². The van der Waals surface area contributed by atoms with Crippen molar-refractivity contribution >= 4 is 22.7 Å². The van der Waals surface area contributed by atoms with Crippen LogP contribution in [0.2, 0.25) is 0 Å². The number of hydrogen-bond acceptors (Lipinski definition) is 5. The number of fused-ring (bicyclic) bond motifs is 1. The Kier molecular flexibility index (Phi) is 3.50. The van der Waals surface area contributed by atoms with Crippen LogP contribution in [-0.4, -0.2) is 32.1 Å². The van der Waals surface area contributed by atoms with E-state index in [0.717, 1.165) is 25.7 Å². The summed E-state index contributed by atoms with van der Waals surface area (Å²) in [6, 6.07) is 4.51. The van der Waals surface area contributed by atoms with Gasteiger partial charge in [0.1, 0.15) is 0 Å². The molecule has 0 amide bonds. The van der Waals surface area contributed by atoms with Crippen molar-refractivity contribution in [1.82, 2.24) is 9.97 Å². The molecule has 7 nitrogen and oxygen atoms in total. The molecule has 0 atom stereocenters. The molecule has 1 aliphatic rings. The summed E-state index contributed by atoms with van der Waals surface area (Å²) in [5.74, 6) is 0.532. The minimum atomic E-state index is -0.677. The van der Waals surface area contributed by atoms with Crippen LogP contribution in [0.25, 0.3) is 11.0 Å². The maximum atomic E-state index is 10.7. The van der Waals surface area contributed by atoms with Crippen LogP contribution >= 0.6 is 0 Å². The van der Waals surface area contributed by atoms with Gasteiger partial charge >= 0.3 is 0 Å². The molecule has 1 aromatic heterocycles. The van der Waals surface area contributed by atoms with Gasteiger partial charge in [0.15, 0.2) is 0 Å². The van der Waals surface area contributed by atoms with Gasteiger partial charge in [0, 0.05) is 18.7 Å². The second-order valence-electron chi connectivity index (χ2n) is 5.68. The maximum Gasteiger partial charge on any atom is 0.271 e. The van der Waals surface area contributed by atoms with E-state index in [1.807, 2.05) is 0 Å². The molecule has 0 unspecified atom stereocenters. The van der Waals surface area contributed by atoms with E-state index in [2.05, 4.69) is 15.3 Å². The lowest BCUT2D eigenvalue weighted by atomic mass is 9.85. The first kappa shape index (κ1) is 13.8. The van der Waals surface area contributed by atoms with Crippen molar-refractivity contribution in [3.63, 3.8) is 0 Å². The number of anilines is 1. The van der Waals surface area contributed by atoms with Gasteiger partial charge in [-0.2, -0.15) is 0 Å². The van der Waals surface area contributed by atoms with E-state index in [1.54, 1.807) is 6.07 Å². The van der Waals surface area contributed by atoms with Crippen molar-refractivity contribution in [3.05, 3.63) is 28.3 Å². The second kappa shape index (κ2) is 5.33. The summed E-state index contributed by atoms with van der Waals surface area (Å²) in [6.07, 6.45) is 4.86. The summed E-state index contributed by atoms with van der Waals surface area (Å²) in [7, 11) is 0. The smallest absolute Gasteiger partial charge is 0.271 e. The number of aliphatic hydroxyl groups is 1. The fourth-order valence-corrected chi connectivity index (χ4v) is 2.83. The predicted octanol–water partition coefficient (Wildman–Crippen LogP) is 2.58. The van der Waals surface area contributed by atoms with E-state index in [-0.39, 0.29) is 5.69 Å². The number of nitrogens with zero attached hydrogens (tertiary/aromatic N) is 2. The van der Waals surface area contributed by atoms with Crippen LogP contribution in [-0.2, 0) is 0 Å². The third kappa shape index (κ3) is 2.97. The van der Waals surface area contributed by atoms with Gasteiger partial charge < -0.3 is 15.4 Å². The number of H-pyrrole nitrogens is 1. The number of hydrogen-bond donors (Lipinski definition) is 3. The molecule has 0 bridgehead atoms. The van der Waals surface area contributed by atoms with Gasteiger partial charge in [-0.15, -0.1) is 0 Å².